The van der Waals surface area contributed by atoms with E-state index in [9.17, 15) is 18.8 Å². The molecule has 1 saturated heterocycles. The van der Waals surface area contributed by atoms with Crippen molar-refractivity contribution in [1.82, 2.24) is 29.6 Å². The number of anilines is 1. The van der Waals surface area contributed by atoms with Crippen molar-refractivity contribution in [2.75, 3.05) is 18.8 Å². The second-order valence-corrected chi connectivity index (χ2v) is 8.05. The third-order valence-corrected chi connectivity index (χ3v) is 5.97. The zero-order chi connectivity index (χ0) is 21.1. The Labute approximate surface area is 169 Å². The molecule has 0 spiro atoms. The first-order valence-corrected chi connectivity index (χ1v) is 9.50. The molecule has 3 aromatic rings. The van der Waals surface area contributed by atoms with Gasteiger partial charge in [-0.2, -0.15) is 10.4 Å². The lowest BCUT2D eigenvalue weighted by Crippen LogP contribution is -2.66. The Kier molecular flexibility index (Phi) is 3.83. The zero-order valence-electron chi connectivity index (χ0n) is 15.8. The predicted octanol–water partition coefficient (Wildman–Crippen LogP) is 1.90. The summed E-state index contributed by atoms with van der Waals surface area (Å²) >= 11 is 0. The Hall–Kier alpha value is -3.55. The van der Waals surface area contributed by atoms with Crippen LogP contribution in [0.25, 0.3) is 22.3 Å². The van der Waals surface area contributed by atoms with Crippen LogP contribution >= 0.6 is 0 Å². The van der Waals surface area contributed by atoms with Crippen LogP contribution in [-0.4, -0.2) is 54.6 Å². The molecule has 2 fully saturated rings. The molecule has 0 bridgehead atoms. The van der Waals surface area contributed by atoms with E-state index in [-0.39, 0.29) is 31.2 Å². The molecule has 1 amide bonds. The van der Waals surface area contributed by atoms with E-state index in [1.54, 1.807) is 17.1 Å². The molecule has 154 valence electrons. The average molecular weight is 412 g/mol. The quantitative estimate of drug-likeness (QED) is 0.673. The number of amides is 1. The summed E-state index contributed by atoms with van der Waals surface area (Å²) in [4.78, 5) is 25.5. The summed E-state index contributed by atoms with van der Waals surface area (Å²) in [6, 6.07) is 3.98. The van der Waals surface area contributed by atoms with Crippen molar-refractivity contribution in [3.63, 3.8) is 0 Å². The van der Waals surface area contributed by atoms with Crippen LogP contribution in [0.5, 0.6) is 0 Å². The Balaban J connectivity index is 1.42. The molecule has 1 aliphatic carbocycles. The second kappa shape index (κ2) is 6.22. The molecule has 3 N–H and O–H groups in total. The van der Waals surface area contributed by atoms with Crippen molar-refractivity contribution >= 4 is 22.8 Å². The number of carbonyl (C=O) groups excluding carboxylic acids is 1. The van der Waals surface area contributed by atoms with Gasteiger partial charge in [0.2, 0.25) is 11.8 Å². The number of nitrogens with one attached hydrogen (secondary N) is 1. The molecule has 11 heteroatoms. The smallest absolute Gasteiger partial charge is 0.249 e. The fourth-order valence-corrected chi connectivity index (χ4v) is 4.30. The number of nitrogen functional groups attached to an aromatic ring is 1. The van der Waals surface area contributed by atoms with Crippen LogP contribution in [0.4, 0.5) is 14.6 Å². The summed E-state index contributed by atoms with van der Waals surface area (Å²) in [5, 5.41) is 14.5. The summed E-state index contributed by atoms with van der Waals surface area (Å²) in [6.07, 6.45) is 4.19. The van der Waals surface area contributed by atoms with E-state index in [2.05, 4.69) is 26.1 Å². The predicted molar refractivity (Wildman–Crippen MR) is 102 cm³/mol. The van der Waals surface area contributed by atoms with Gasteiger partial charge in [-0.05, 0) is 6.07 Å². The number of aromatic amines is 1. The number of nitrogens with zero attached hydrogens (tertiary/aromatic N) is 6. The minimum absolute atomic E-state index is 0.113. The third-order valence-electron chi connectivity index (χ3n) is 5.97. The maximum atomic E-state index is 13.1. The highest BCUT2D eigenvalue weighted by Gasteiger charge is 2.54. The number of fused-ring (bicyclic) bond motifs is 1. The van der Waals surface area contributed by atoms with Gasteiger partial charge in [-0.3, -0.25) is 9.48 Å². The van der Waals surface area contributed by atoms with Crippen LogP contribution < -0.4 is 5.73 Å². The van der Waals surface area contributed by atoms with Crippen molar-refractivity contribution in [2.24, 2.45) is 5.92 Å². The Morgan fingerprint density at radius 1 is 1.37 bits per heavy atom. The molecule has 0 atom stereocenters. The maximum absolute atomic E-state index is 13.1. The first kappa shape index (κ1) is 18.5. The standard InChI is InChI=1S/C19H18F2N8O/c20-19(21)5-11(6-19)17(30)28-8-18(9-28,2-3-22)29-7-13(15(23)27-29)14-12-1-4-24-16(12)26-10-25-14/h1,4,7,10-11H,2,5-6,8-9H2,(H2,23,27)(H,24,25,26). The van der Waals surface area contributed by atoms with Crippen LogP contribution in [0.1, 0.15) is 19.3 Å². The first-order valence-electron chi connectivity index (χ1n) is 9.50. The van der Waals surface area contributed by atoms with Crippen molar-refractivity contribution in [2.45, 2.75) is 30.7 Å². The van der Waals surface area contributed by atoms with E-state index in [1.807, 2.05) is 6.07 Å². The molecule has 3 aromatic heterocycles. The summed E-state index contributed by atoms with van der Waals surface area (Å²) < 4.78 is 27.8. The van der Waals surface area contributed by atoms with Crippen LogP contribution in [0.2, 0.25) is 0 Å². The van der Waals surface area contributed by atoms with Gasteiger partial charge in [-0.15, -0.1) is 0 Å². The molecule has 9 nitrogen and oxygen atoms in total. The van der Waals surface area contributed by atoms with Crippen molar-refractivity contribution in [1.29, 1.82) is 5.26 Å². The van der Waals surface area contributed by atoms with Gasteiger partial charge < -0.3 is 15.6 Å². The average Bonchev–Trinajstić information content (AvgIpc) is 3.28. The molecule has 0 aromatic carbocycles. The third kappa shape index (κ3) is 2.71. The number of nitriles is 1. The SMILES string of the molecule is N#CCC1(n2cc(-c3ncnc4[nH]ccc34)c(N)n2)CN(C(=O)C2CC(F)(F)C2)C1. The van der Waals surface area contributed by atoms with Gasteiger partial charge in [0.15, 0.2) is 5.82 Å². The molecular formula is C19H18F2N8O. The summed E-state index contributed by atoms with van der Waals surface area (Å²) in [5.74, 6) is -3.45. The topological polar surface area (TPSA) is 130 Å². The number of rotatable bonds is 4. The fourth-order valence-electron chi connectivity index (χ4n) is 4.30. The van der Waals surface area contributed by atoms with Gasteiger partial charge in [0.25, 0.3) is 0 Å². The molecular weight excluding hydrogens is 394 g/mol. The van der Waals surface area contributed by atoms with E-state index in [0.29, 0.717) is 16.9 Å². The Morgan fingerprint density at radius 2 is 2.13 bits per heavy atom. The lowest BCUT2D eigenvalue weighted by atomic mass is 9.78. The van der Waals surface area contributed by atoms with Gasteiger partial charge in [0, 0.05) is 49.6 Å². The largest absolute Gasteiger partial charge is 0.382 e. The number of halogens is 2. The normalized spacial score (nSPS) is 19.8. The van der Waals surface area contributed by atoms with Crippen molar-refractivity contribution in [3.05, 3.63) is 24.8 Å². The molecule has 5 rings (SSSR count). The summed E-state index contributed by atoms with van der Waals surface area (Å²) in [6.45, 7) is 0.455. The fraction of sp³-hybridized carbons (Fsp3) is 0.421. The van der Waals surface area contributed by atoms with Crippen LogP contribution in [-0.2, 0) is 10.3 Å². The number of likely N-dealkylation sites (tertiary alicyclic amines) is 1. The molecule has 30 heavy (non-hydrogen) atoms. The summed E-state index contributed by atoms with van der Waals surface area (Å²) in [7, 11) is 0. The van der Waals surface area contributed by atoms with Crippen LogP contribution in [0.3, 0.4) is 0 Å². The van der Waals surface area contributed by atoms with Crippen molar-refractivity contribution in [3.8, 4) is 17.3 Å². The van der Waals surface area contributed by atoms with Crippen LogP contribution in [0.15, 0.2) is 24.8 Å². The van der Waals surface area contributed by atoms with Crippen molar-refractivity contribution < 1.29 is 13.6 Å². The molecule has 2 aliphatic rings. The number of aromatic nitrogens is 5. The molecule has 0 radical (unpaired) electrons. The molecule has 1 aliphatic heterocycles. The van der Waals surface area contributed by atoms with E-state index >= 15 is 0 Å². The monoisotopic (exact) mass is 412 g/mol. The number of carbonyl (C=O) groups is 1. The minimum atomic E-state index is -2.75. The van der Waals surface area contributed by atoms with Gasteiger partial charge >= 0.3 is 0 Å². The highest BCUT2D eigenvalue weighted by Crippen LogP contribution is 2.45. The lowest BCUT2D eigenvalue weighted by molar-refractivity contribution is -0.169. The minimum Gasteiger partial charge on any atom is -0.382 e. The number of hydrogen-bond donors (Lipinski definition) is 2. The summed E-state index contributed by atoms with van der Waals surface area (Å²) in [5.41, 5.74) is 7.29. The number of H-pyrrole nitrogens is 1. The zero-order valence-corrected chi connectivity index (χ0v) is 15.8. The maximum Gasteiger partial charge on any atom is 0.249 e. The van der Waals surface area contributed by atoms with Crippen LogP contribution in [0, 0.1) is 17.2 Å². The molecule has 4 heterocycles. The van der Waals surface area contributed by atoms with E-state index in [4.69, 9.17) is 5.73 Å². The Bertz CT molecular complexity index is 1180. The number of alkyl halides is 2. The molecule has 1 saturated carbocycles. The van der Waals surface area contributed by atoms with Gasteiger partial charge in [-0.1, -0.05) is 0 Å². The highest BCUT2D eigenvalue weighted by atomic mass is 19.3. The number of hydrogen-bond acceptors (Lipinski definition) is 6. The van der Waals surface area contributed by atoms with E-state index < -0.39 is 30.2 Å². The van der Waals surface area contributed by atoms with E-state index in [0.717, 1.165) is 5.39 Å². The molecule has 0 unspecified atom stereocenters. The lowest BCUT2D eigenvalue weighted by Gasteiger charge is -2.51. The number of nitrogens with two attached hydrogens (primary N) is 1. The Morgan fingerprint density at radius 3 is 2.83 bits per heavy atom. The highest BCUT2D eigenvalue weighted by molar-refractivity contribution is 5.93. The van der Waals surface area contributed by atoms with E-state index in [1.165, 1.54) is 11.2 Å². The van der Waals surface area contributed by atoms with Gasteiger partial charge in [0.05, 0.1) is 23.7 Å². The van der Waals surface area contributed by atoms with Gasteiger partial charge in [0.1, 0.15) is 17.5 Å². The van der Waals surface area contributed by atoms with Gasteiger partial charge in [-0.25, -0.2) is 18.7 Å². The second-order valence-electron chi connectivity index (χ2n) is 8.05. The first-order chi connectivity index (χ1) is 14.3.